The van der Waals surface area contributed by atoms with Gasteiger partial charge in [-0.1, -0.05) is 72.8 Å². The van der Waals surface area contributed by atoms with E-state index in [1.165, 1.54) is 22.3 Å². The number of rotatable bonds is 0. The molecule has 3 aliphatic rings. The van der Waals surface area contributed by atoms with Crippen molar-refractivity contribution < 1.29 is 9.53 Å². The first kappa shape index (κ1) is 14.7. The van der Waals surface area contributed by atoms with Gasteiger partial charge in [0.05, 0.1) is 11.3 Å². The van der Waals surface area contributed by atoms with Crippen LogP contribution in [-0.4, -0.2) is 5.78 Å². The van der Waals surface area contributed by atoms with Gasteiger partial charge in [0.1, 0.15) is 11.5 Å². The molecule has 2 nitrogen and oxygen atoms in total. The second kappa shape index (κ2) is 5.08. The molecule has 0 radical (unpaired) electrons. The fourth-order valence-corrected chi connectivity index (χ4v) is 5.12. The molecule has 27 heavy (non-hydrogen) atoms. The quantitative estimate of drug-likeness (QED) is 0.569. The minimum Gasteiger partial charge on any atom is -0.461 e. The first-order chi connectivity index (χ1) is 13.3. The van der Waals surface area contributed by atoms with Crippen LogP contribution in [0.3, 0.4) is 0 Å². The number of carbonyl (C=O) groups is 1. The summed E-state index contributed by atoms with van der Waals surface area (Å²) in [6, 6.07) is 25.1. The molecule has 2 heteroatoms. The largest absolute Gasteiger partial charge is 0.461 e. The topological polar surface area (TPSA) is 26.3 Å². The minimum absolute atomic E-state index is 0.0912. The van der Waals surface area contributed by atoms with Gasteiger partial charge in [0.25, 0.3) is 0 Å². The van der Waals surface area contributed by atoms with Gasteiger partial charge in [0, 0.05) is 5.56 Å². The third-order valence-electron chi connectivity index (χ3n) is 6.06. The average molecular weight is 348 g/mol. The summed E-state index contributed by atoms with van der Waals surface area (Å²) in [5.41, 5.74) is 5.27. The van der Waals surface area contributed by atoms with Crippen LogP contribution in [0.15, 0.2) is 96.8 Å². The lowest BCUT2D eigenvalue weighted by molar-refractivity contribution is -0.119. The molecular weight excluding hydrogens is 332 g/mol. The van der Waals surface area contributed by atoms with E-state index in [2.05, 4.69) is 54.6 Å². The van der Waals surface area contributed by atoms with Crippen LogP contribution in [-0.2, 0) is 10.2 Å². The van der Waals surface area contributed by atoms with Crippen LogP contribution < -0.4 is 4.74 Å². The molecule has 3 aromatic rings. The normalized spacial score (nSPS) is 20.2. The van der Waals surface area contributed by atoms with Crippen LogP contribution >= 0.6 is 0 Å². The molecule has 3 aromatic carbocycles. The second-order valence-corrected chi connectivity index (χ2v) is 7.26. The number of ketones is 1. The zero-order valence-corrected chi connectivity index (χ0v) is 14.6. The lowest BCUT2D eigenvalue weighted by Crippen LogP contribution is -2.46. The minimum atomic E-state index is -0.560. The highest BCUT2D eigenvalue weighted by Crippen LogP contribution is 2.62. The van der Waals surface area contributed by atoms with E-state index in [9.17, 15) is 4.79 Å². The highest BCUT2D eigenvalue weighted by Gasteiger charge is 2.57. The Balaban J connectivity index is 1.83. The Morgan fingerprint density at radius 3 is 2.04 bits per heavy atom. The molecule has 0 N–H and O–H groups in total. The van der Waals surface area contributed by atoms with E-state index < -0.39 is 5.41 Å². The number of hydrogen-bond donors (Lipinski definition) is 0. The van der Waals surface area contributed by atoms with E-state index in [0.29, 0.717) is 0 Å². The maximum atomic E-state index is 13.2. The summed E-state index contributed by atoms with van der Waals surface area (Å²) in [7, 11) is 0. The standard InChI is InChI=1S/C25H16O2/c26-21-13-7-15-23-24(21)25(20-12-5-6-14-22(20)27-23)18-10-3-1-8-16(18)17-9-2-4-11-19(17)25/h1-15,24H. The second-order valence-electron chi connectivity index (χ2n) is 7.26. The molecule has 1 aliphatic heterocycles. The number of benzene rings is 3. The highest BCUT2D eigenvalue weighted by atomic mass is 16.5. The Labute approximate surface area is 157 Å². The number of hydrogen-bond acceptors (Lipinski definition) is 2. The smallest absolute Gasteiger partial charge is 0.167 e. The predicted molar refractivity (Wildman–Crippen MR) is 105 cm³/mol. The Hall–Kier alpha value is -3.39. The summed E-state index contributed by atoms with van der Waals surface area (Å²) < 4.78 is 6.21. The Kier molecular flexibility index (Phi) is 2.77. The SMILES string of the molecule is O=C1C=CC=C2Oc3ccccc3C3(c4ccccc4-c4ccccc43)C12. The molecular formula is C25H16O2. The van der Waals surface area contributed by atoms with Crippen molar-refractivity contribution in [3.05, 3.63) is 113 Å². The van der Waals surface area contributed by atoms with Crippen molar-refractivity contribution >= 4 is 5.78 Å². The van der Waals surface area contributed by atoms with Crippen molar-refractivity contribution in [1.82, 2.24) is 0 Å². The first-order valence-electron chi connectivity index (χ1n) is 9.20. The van der Waals surface area contributed by atoms with Crippen molar-refractivity contribution in [2.45, 2.75) is 5.41 Å². The van der Waals surface area contributed by atoms with Crippen LogP contribution in [0.25, 0.3) is 11.1 Å². The van der Waals surface area contributed by atoms with E-state index in [4.69, 9.17) is 4.74 Å². The summed E-state index contributed by atoms with van der Waals surface area (Å²) in [6.45, 7) is 0. The van der Waals surface area contributed by atoms with Crippen LogP contribution in [0.2, 0.25) is 0 Å². The number of para-hydroxylation sites is 1. The Bertz CT molecular complexity index is 1140. The van der Waals surface area contributed by atoms with Crippen LogP contribution in [0.4, 0.5) is 0 Å². The Morgan fingerprint density at radius 1 is 0.741 bits per heavy atom. The number of fused-ring (bicyclic) bond motifs is 9. The molecule has 0 fully saturated rings. The molecule has 2 aliphatic carbocycles. The van der Waals surface area contributed by atoms with E-state index in [1.807, 2.05) is 24.3 Å². The third kappa shape index (κ3) is 1.68. The van der Waals surface area contributed by atoms with Gasteiger partial charge in [-0.2, -0.15) is 0 Å². The average Bonchev–Trinajstić information content (AvgIpc) is 3.00. The van der Waals surface area contributed by atoms with Gasteiger partial charge in [0.2, 0.25) is 0 Å². The van der Waals surface area contributed by atoms with Gasteiger partial charge < -0.3 is 4.74 Å². The van der Waals surface area contributed by atoms with Gasteiger partial charge >= 0.3 is 0 Å². The van der Waals surface area contributed by atoms with E-state index in [0.717, 1.165) is 17.1 Å². The summed E-state index contributed by atoms with van der Waals surface area (Å²) >= 11 is 0. The lowest BCUT2D eigenvalue weighted by Gasteiger charge is -2.44. The van der Waals surface area contributed by atoms with Crippen molar-refractivity contribution in [2.24, 2.45) is 5.92 Å². The Morgan fingerprint density at radius 2 is 1.33 bits per heavy atom. The maximum absolute atomic E-state index is 13.2. The predicted octanol–water partition coefficient (Wildman–Crippen LogP) is 5.03. The van der Waals surface area contributed by atoms with Gasteiger partial charge in [-0.15, -0.1) is 0 Å². The summed E-state index contributed by atoms with van der Waals surface area (Å²) in [5.74, 6) is 1.26. The van der Waals surface area contributed by atoms with Crippen molar-refractivity contribution in [3.8, 4) is 16.9 Å². The zero-order chi connectivity index (χ0) is 18.0. The number of carbonyl (C=O) groups excluding carboxylic acids is 1. The summed E-state index contributed by atoms with van der Waals surface area (Å²) in [5, 5.41) is 0. The van der Waals surface area contributed by atoms with E-state index >= 15 is 0 Å². The first-order valence-corrected chi connectivity index (χ1v) is 9.20. The van der Waals surface area contributed by atoms with Gasteiger partial charge in [-0.3, -0.25) is 4.79 Å². The molecule has 0 amide bonds. The lowest BCUT2D eigenvalue weighted by atomic mass is 9.60. The number of allylic oxidation sites excluding steroid dienone is 4. The van der Waals surface area contributed by atoms with Crippen LogP contribution in [0.5, 0.6) is 5.75 Å². The van der Waals surface area contributed by atoms with Crippen LogP contribution in [0.1, 0.15) is 16.7 Å². The molecule has 1 unspecified atom stereocenters. The summed E-state index contributed by atoms with van der Waals surface area (Å²) in [6.07, 6.45) is 5.41. The maximum Gasteiger partial charge on any atom is 0.167 e. The molecule has 6 rings (SSSR count). The van der Waals surface area contributed by atoms with Gasteiger partial charge in [0.15, 0.2) is 5.78 Å². The van der Waals surface area contributed by atoms with Crippen LogP contribution in [0, 0.1) is 5.92 Å². The molecule has 1 atom stereocenters. The molecule has 0 saturated heterocycles. The molecule has 128 valence electrons. The number of ether oxygens (including phenoxy) is 1. The van der Waals surface area contributed by atoms with Gasteiger partial charge in [-0.05, 0) is 40.5 Å². The zero-order valence-electron chi connectivity index (χ0n) is 14.6. The molecule has 0 aromatic heterocycles. The summed E-state index contributed by atoms with van der Waals surface area (Å²) in [4.78, 5) is 13.2. The van der Waals surface area contributed by atoms with E-state index in [-0.39, 0.29) is 11.7 Å². The van der Waals surface area contributed by atoms with Gasteiger partial charge in [-0.25, -0.2) is 0 Å². The molecule has 0 bridgehead atoms. The van der Waals surface area contributed by atoms with E-state index in [1.54, 1.807) is 12.2 Å². The fraction of sp³-hybridized carbons (Fsp3) is 0.0800. The van der Waals surface area contributed by atoms with Crippen molar-refractivity contribution in [2.75, 3.05) is 0 Å². The van der Waals surface area contributed by atoms with Crippen molar-refractivity contribution in [3.63, 3.8) is 0 Å². The fourth-order valence-electron chi connectivity index (χ4n) is 5.12. The molecule has 1 heterocycles. The molecule has 0 saturated carbocycles. The monoisotopic (exact) mass is 348 g/mol. The van der Waals surface area contributed by atoms with Crippen molar-refractivity contribution in [1.29, 1.82) is 0 Å². The molecule has 1 spiro atoms. The highest BCUT2D eigenvalue weighted by molar-refractivity contribution is 6.00. The third-order valence-corrected chi connectivity index (χ3v) is 6.06.